The van der Waals surface area contributed by atoms with Crippen LogP contribution in [0.25, 0.3) is 0 Å². The number of nitrogens with zero attached hydrogens (tertiary/aromatic N) is 3. The zero-order valence-electron chi connectivity index (χ0n) is 14.9. The number of aliphatic imine (C=N–C) groups is 1. The highest BCUT2D eigenvalue weighted by atomic mass is 79.9. The third-order valence-electron chi connectivity index (χ3n) is 3.42. The lowest BCUT2D eigenvalue weighted by Crippen LogP contribution is -2.44. The molecule has 23 heavy (non-hydrogen) atoms. The first-order chi connectivity index (χ1) is 10.6. The van der Waals surface area contributed by atoms with E-state index in [2.05, 4.69) is 42.2 Å². The molecule has 0 aromatic carbocycles. The van der Waals surface area contributed by atoms with Crippen molar-refractivity contribution in [2.45, 2.75) is 27.3 Å². The van der Waals surface area contributed by atoms with Crippen molar-refractivity contribution in [3.63, 3.8) is 0 Å². The summed E-state index contributed by atoms with van der Waals surface area (Å²) in [6.45, 7) is 7.66. The molecule has 0 radical (unpaired) electrons. The Bertz CT molecular complexity index is 559. The van der Waals surface area contributed by atoms with Gasteiger partial charge in [0.15, 0.2) is 5.96 Å². The number of amides is 1. The van der Waals surface area contributed by atoms with Gasteiger partial charge in [-0.3, -0.25) is 9.79 Å². The van der Waals surface area contributed by atoms with Crippen LogP contribution in [0.3, 0.4) is 0 Å². The molecule has 6 nitrogen and oxygen atoms in total. The summed E-state index contributed by atoms with van der Waals surface area (Å²) in [4.78, 5) is 18.1. The minimum Gasteiger partial charge on any atom is -0.354 e. The van der Waals surface area contributed by atoms with Gasteiger partial charge in [-0.25, -0.2) is 0 Å². The first-order valence-electron chi connectivity index (χ1n) is 7.66. The van der Waals surface area contributed by atoms with Gasteiger partial charge in [0.05, 0.1) is 6.54 Å². The molecule has 1 heterocycles. The summed E-state index contributed by atoms with van der Waals surface area (Å²) in [5.74, 6) is 0.851. The molecule has 0 saturated heterocycles. The van der Waals surface area contributed by atoms with Crippen molar-refractivity contribution in [3.05, 3.63) is 22.4 Å². The van der Waals surface area contributed by atoms with E-state index in [9.17, 15) is 4.79 Å². The van der Waals surface area contributed by atoms with Gasteiger partial charge in [0.2, 0.25) is 5.91 Å². The molecule has 0 bridgehead atoms. The van der Waals surface area contributed by atoms with Gasteiger partial charge >= 0.3 is 0 Å². The van der Waals surface area contributed by atoms with Gasteiger partial charge in [-0.05, 0) is 22.0 Å². The molecule has 1 rings (SSSR count). The number of hydrogen-bond acceptors (Lipinski definition) is 2. The average Bonchev–Trinajstić information content (AvgIpc) is 2.75. The van der Waals surface area contributed by atoms with E-state index in [0.717, 1.165) is 17.0 Å². The van der Waals surface area contributed by atoms with E-state index < -0.39 is 0 Å². The highest BCUT2D eigenvalue weighted by Gasteiger charge is 2.20. The normalized spacial score (nSPS) is 12.2. The van der Waals surface area contributed by atoms with Crippen molar-refractivity contribution in [2.75, 3.05) is 27.2 Å². The Morgan fingerprint density at radius 1 is 1.35 bits per heavy atom. The molecular weight excluding hydrogens is 358 g/mol. The number of guanidine groups is 1. The summed E-state index contributed by atoms with van der Waals surface area (Å²) in [5.41, 5.74) is 0.821. The van der Waals surface area contributed by atoms with Crippen LogP contribution in [0.2, 0.25) is 0 Å². The van der Waals surface area contributed by atoms with Crippen LogP contribution in [0.15, 0.2) is 21.7 Å². The lowest BCUT2D eigenvalue weighted by Gasteiger charge is -2.23. The predicted molar refractivity (Wildman–Crippen MR) is 98.4 cm³/mol. The van der Waals surface area contributed by atoms with Crippen molar-refractivity contribution in [1.82, 2.24) is 20.1 Å². The second-order valence-electron chi connectivity index (χ2n) is 6.60. The van der Waals surface area contributed by atoms with Crippen molar-refractivity contribution in [2.24, 2.45) is 17.5 Å². The van der Waals surface area contributed by atoms with Gasteiger partial charge in [0.25, 0.3) is 0 Å². The van der Waals surface area contributed by atoms with E-state index in [0.29, 0.717) is 13.1 Å². The Balaban J connectivity index is 2.45. The minimum atomic E-state index is -0.363. The van der Waals surface area contributed by atoms with Gasteiger partial charge < -0.3 is 20.1 Å². The molecule has 1 amide bonds. The van der Waals surface area contributed by atoms with Crippen LogP contribution < -0.4 is 10.6 Å². The van der Waals surface area contributed by atoms with Crippen molar-refractivity contribution in [3.8, 4) is 0 Å². The van der Waals surface area contributed by atoms with E-state index >= 15 is 0 Å². The van der Waals surface area contributed by atoms with E-state index in [1.165, 1.54) is 5.69 Å². The predicted octanol–water partition coefficient (Wildman–Crippen LogP) is 1.96. The average molecular weight is 386 g/mol. The fraction of sp³-hybridized carbons (Fsp3) is 0.625. The molecule has 1 aromatic heterocycles. The van der Waals surface area contributed by atoms with Gasteiger partial charge in [0, 0.05) is 56.0 Å². The Morgan fingerprint density at radius 3 is 2.43 bits per heavy atom. The maximum Gasteiger partial charge on any atom is 0.225 e. The van der Waals surface area contributed by atoms with Crippen LogP contribution in [-0.2, 0) is 18.4 Å². The van der Waals surface area contributed by atoms with Gasteiger partial charge in [-0.2, -0.15) is 0 Å². The highest BCUT2D eigenvalue weighted by Crippen LogP contribution is 2.15. The van der Waals surface area contributed by atoms with E-state index in [4.69, 9.17) is 0 Å². The standard InChI is InChI=1S/C16H28BrN5O/c1-16(2,3)14(23)19-7-8-20-15(18-4)22(6)11-13-9-12(17)10-21(13)5/h9-10H,7-8,11H2,1-6H3,(H,18,20)(H,19,23). The zero-order chi connectivity index (χ0) is 17.6. The largest absolute Gasteiger partial charge is 0.354 e. The fourth-order valence-corrected chi connectivity index (χ4v) is 2.61. The summed E-state index contributed by atoms with van der Waals surface area (Å²) in [6.07, 6.45) is 2.03. The van der Waals surface area contributed by atoms with Crippen molar-refractivity contribution in [1.29, 1.82) is 0 Å². The zero-order valence-corrected chi connectivity index (χ0v) is 16.5. The lowest BCUT2D eigenvalue weighted by molar-refractivity contribution is -0.128. The molecule has 0 spiro atoms. The number of carbonyl (C=O) groups is 1. The first kappa shape index (κ1) is 19.5. The lowest BCUT2D eigenvalue weighted by atomic mass is 9.96. The summed E-state index contributed by atoms with van der Waals surface area (Å²) in [5, 5.41) is 6.18. The van der Waals surface area contributed by atoms with Crippen LogP contribution in [-0.4, -0.2) is 48.5 Å². The van der Waals surface area contributed by atoms with Crippen LogP contribution in [0.5, 0.6) is 0 Å². The summed E-state index contributed by atoms with van der Waals surface area (Å²) >= 11 is 3.48. The third-order valence-corrected chi connectivity index (χ3v) is 3.86. The molecule has 0 aliphatic heterocycles. The molecule has 2 N–H and O–H groups in total. The molecule has 0 atom stereocenters. The Kier molecular flexibility index (Phi) is 7.12. The molecule has 0 aliphatic carbocycles. The topological polar surface area (TPSA) is 61.7 Å². The Labute approximate surface area is 147 Å². The molecule has 0 saturated carbocycles. The van der Waals surface area contributed by atoms with Crippen LogP contribution in [0.1, 0.15) is 26.5 Å². The molecule has 0 fully saturated rings. The minimum absolute atomic E-state index is 0.0521. The van der Waals surface area contributed by atoms with Gasteiger partial charge in [0.1, 0.15) is 0 Å². The van der Waals surface area contributed by atoms with Crippen LogP contribution in [0.4, 0.5) is 0 Å². The number of aryl methyl sites for hydroxylation is 1. The molecule has 7 heteroatoms. The summed E-state index contributed by atoms with van der Waals surface area (Å²) in [6, 6.07) is 2.09. The molecule has 0 unspecified atom stereocenters. The molecule has 1 aromatic rings. The molecular formula is C16H28BrN5O. The maximum atomic E-state index is 11.8. The number of hydrogen-bond donors (Lipinski definition) is 2. The summed E-state index contributed by atoms with van der Waals surface area (Å²) in [7, 11) is 5.77. The number of halogens is 1. The van der Waals surface area contributed by atoms with Gasteiger partial charge in [-0.1, -0.05) is 20.8 Å². The van der Waals surface area contributed by atoms with Crippen LogP contribution in [0, 0.1) is 5.41 Å². The Hall–Kier alpha value is -1.50. The number of aromatic nitrogens is 1. The second kappa shape index (κ2) is 8.38. The number of nitrogens with one attached hydrogen (secondary N) is 2. The van der Waals surface area contributed by atoms with Crippen molar-refractivity contribution < 1.29 is 4.79 Å². The van der Waals surface area contributed by atoms with Crippen LogP contribution >= 0.6 is 15.9 Å². The number of rotatable bonds is 5. The first-order valence-corrected chi connectivity index (χ1v) is 8.45. The van der Waals surface area contributed by atoms with E-state index in [1.807, 2.05) is 46.0 Å². The number of carbonyl (C=O) groups excluding carboxylic acids is 1. The van der Waals surface area contributed by atoms with Gasteiger partial charge in [-0.15, -0.1) is 0 Å². The third kappa shape index (κ3) is 6.25. The SMILES string of the molecule is CN=C(NCCNC(=O)C(C)(C)C)N(C)Cc1cc(Br)cn1C. The maximum absolute atomic E-state index is 11.8. The smallest absolute Gasteiger partial charge is 0.225 e. The fourth-order valence-electron chi connectivity index (χ4n) is 2.04. The highest BCUT2D eigenvalue weighted by molar-refractivity contribution is 9.10. The quantitative estimate of drug-likeness (QED) is 0.462. The molecule has 130 valence electrons. The van der Waals surface area contributed by atoms with E-state index in [-0.39, 0.29) is 11.3 Å². The monoisotopic (exact) mass is 385 g/mol. The Morgan fingerprint density at radius 2 is 1.96 bits per heavy atom. The van der Waals surface area contributed by atoms with Crippen molar-refractivity contribution >= 4 is 27.8 Å². The second-order valence-corrected chi connectivity index (χ2v) is 7.51. The summed E-state index contributed by atoms with van der Waals surface area (Å²) < 4.78 is 3.15. The molecule has 0 aliphatic rings. The van der Waals surface area contributed by atoms with E-state index in [1.54, 1.807) is 7.05 Å².